The lowest BCUT2D eigenvalue weighted by atomic mass is 9.72. The lowest BCUT2D eigenvalue weighted by Gasteiger charge is -2.42. The molecule has 5 heteroatoms. The minimum absolute atomic E-state index is 0.158. The van der Waals surface area contributed by atoms with Crippen LogP contribution in [-0.4, -0.2) is 53.8 Å². The summed E-state index contributed by atoms with van der Waals surface area (Å²) in [6, 6.07) is 12.4. The molecule has 2 amide bonds. The molecule has 0 aliphatic carbocycles. The molecular weight excluding hydrogens is 350 g/mol. The van der Waals surface area contributed by atoms with Crippen molar-refractivity contribution in [2.75, 3.05) is 27.2 Å². The molecule has 1 aromatic carbocycles. The van der Waals surface area contributed by atoms with Gasteiger partial charge in [-0.15, -0.1) is 0 Å². The molecule has 0 bridgehead atoms. The summed E-state index contributed by atoms with van der Waals surface area (Å²) < 4.78 is 0. The van der Waals surface area contributed by atoms with Gasteiger partial charge in [-0.1, -0.05) is 31.2 Å². The topological polar surface area (TPSA) is 53.5 Å². The highest BCUT2D eigenvalue weighted by molar-refractivity contribution is 5.83. The van der Waals surface area contributed by atoms with E-state index in [2.05, 4.69) is 29.2 Å². The maximum Gasteiger partial charge on any atom is 0.228 e. The molecule has 3 rings (SSSR count). The Morgan fingerprint density at radius 3 is 2.36 bits per heavy atom. The summed E-state index contributed by atoms with van der Waals surface area (Å²) in [5.74, 6) is 0.330. The van der Waals surface area contributed by atoms with Crippen molar-refractivity contribution in [1.29, 1.82) is 0 Å². The standard InChI is InChI=1S/C23H29N3O2/c1-4-21(27)26-14-10-23(11-15-26,22(28)25(2)3)17-18-6-5-7-20(16-18)19-8-12-24-13-9-19/h5-9,12-13,16H,4,10-11,14-15,17H2,1-3H3. The molecule has 1 aliphatic rings. The molecule has 1 saturated heterocycles. The van der Waals surface area contributed by atoms with Crippen LogP contribution in [0.15, 0.2) is 48.8 Å². The first-order chi connectivity index (χ1) is 13.4. The van der Waals surface area contributed by atoms with Gasteiger partial charge in [0, 0.05) is 46.0 Å². The van der Waals surface area contributed by atoms with Gasteiger partial charge in [0.05, 0.1) is 5.41 Å². The van der Waals surface area contributed by atoms with Crippen LogP contribution in [-0.2, 0) is 16.0 Å². The highest BCUT2D eigenvalue weighted by Crippen LogP contribution is 2.37. The van der Waals surface area contributed by atoms with Crippen LogP contribution in [0.4, 0.5) is 0 Å². The van der Waals surface area contributed by atoms with Crippen LogP contribution in [0, 0.1) is 5.41 Å². The third-order valence-corrected chi connectivity index (χ3v) is 5.72. The monoisotopic (exact) mass is 379 g/mol. The number of amides is 2. The molecule has 0 saturated carbocycles. The maximum atomic E-state index is 13.1. The van der Waals surface area contributed by atoms with Crippen molar-refractivity contribution in [3.8, 4) is 11.1 Å². The molecule has 0 unspecified atom stereocenters. The number of hydrogen-bond donors (Lipinski definition) is 0. The van der Waals surface area contributed by atoms with Crippen molar-refractivity contribution in [2.24, 2.45) is 5.41 Å². The SMILES string of the molecule is CCC(=O)N1CCC(Cc2cccc(-c3ccncc3)c2)(C(=O)N(C)C)CC1. The Hall–Kier alpha value is -2.69. The van der Waals surface area contributed by atoms with E-state index in [1.165, 1.54) is 0 Å². The summed E-state index contributed by atoms with van der Waals surface area (Å²) in [7, 11) is 3.64. The summed E-state index contributed by atoms with van der Waals surface area (Å²) in [4.78, 5) is 32.9. The van der Waals surface area contributed by atoms with Crippen molar-refractivity contribution in [3.05, 3.63) is 54.4 Å². The van der Waals surface area contributed by atoms with E-state index in [1.807, 2.05) is 38.1 Å². The van der Waals surface area contributed by atoms with Crippen molar-refractivity contribution in [2.45, 2.75) is 32.6 Å². The van der Waals surface area contributed by atoms with E-state index in [0.29, 0.717) is 38.8 Å². The van der Waals surface area contributed by atoms with Crippen LogP contribution in [0.25, 0.3) is 11.1 Å². The summed E-state index contributed by atoms with van der Waals surface area (Å²) in [5.41, 5.74) is 2.95. The van der Waals surface area contributed by atoms with Gasteiger partial charge in [-0.25, -0.2) is 0 Å². The zero-order valence-corrected chi connectivity index (χ0v) is 17.0. The molecule has 2 aromatic rings. The minimum Gasteiger partial charge on any atom is -0.348 e. The molecule has 1 aliphatic heterocycles. The average Bonchev–Trinajstić information content (AvgIpc) is 2.74. The summed E-state index contributed by atoms with van der Waals surface area (Å²) in [6.45, 7) is 3.19. The summed E-state index contributed by atoms with van der Waals surface area (Å²) in [6.07, 6.45) is 6.20. The third kappa shape index (κ3) is 4.24. The van der Waals surface area contributed by atoms with E-state index in [-0.39, 0.29) is 11.8 Å². The van der Waals surface area contributed by atoms with Gasteiger partial charge < -0.3 is 9.80 Å². The van der Waals surface area contributed by atoms with Crippen LogP contribution in [0.3, 0.4) is 0 Å². The fourth-order valence-corrected chi connectivity index (χ4v) is 4.14. The number of pyridine rings is 1. The van der Waals surface area contributed by atoms with Crippen molar-refractivity contribution < 1.29 is 9.59 Å². The highest BCUT2D eigenvalue weighted by Gasteiger charge is 2.42. The van der Waals surface area contributed by atoms with E-state index in [1.54, 1.807) is 17.3 Å². The molecule has 0 atom stereocenters. The number of hydrogen-bond acceptors (Lipinski definition) is 3. The Morgan fingerprint density at radius 1 is 1.07 bits per heavy atom. The normalized spacial score (nSPS) is 15.9. The molecule has 1 aromatic heterocycles. The Bertz CT molecular complexity index is 825. The Kier molecular flexibility index (Phi) is 6.12. The largest absolute Gasteiger partial charge is 0.348 e. The molecular formula is C23H29N3O2. The third-order valence-electron chi connectivity index (χ3n) is 5.72. The quantitative estimate of drug-likeness (QED) is 0.800. The molecule has 148 valence electrons. The predicted octanol–water partition coefficient (Wildman–Crippen LogP) is 3.40. The number of carbonyl (C=O) groups is 2. The van der Waals surface area contributed by atoms with E-state index < -0.39 is 5.41 Å². The smallest absolute Gasteiger partial charge is 0.228 e. The van der Waals surface area contributed by atoms with Gasteiger partial charge in [-0.2, -0.15) is 0 Å². The van der Waals surface area contributed by atoms with E-state index in [9.17, 15) is 9.59 Å². The Balaban J connectivity index is 1.85. The summed E-state index contributed by atoms with van der Waals surface area (Å²) in [5, 5.41) is 0. The van der Waals surface area contributed by atoms with Gasteiger partial charge in [-0.05, 0) is 48.1 Å². The fraction of sp³-hybridized carbons (Fsp3) is 0.435. The first-order valence-electron chi connectivity index (χ1n) is 9.94. The molecule has 5 nitrogen and oxygen atoms in total. The summed E-state index contributed by atoms with van der Waals surface area (Å²) >= 11 is 0. The molecule has 0 radical (unpaired) electrons. The molecule has 1 fully saturated rings. The van der Waals surface area contributed by atoms with Crippen LogP contribution in [0.2, 0.25) is 0 Å². The van der Waals surface area contributed by atoms with Gasteiger partial charge in [0.2, 0.25) is 11.8 Å². The van der Waals surface area contributed by atoms with Gasteiger partial charge in [0.25, 0.3) is 0 Å². The predicted molar refractivity (Wildman–Crippen MR) is 111 cm³/mol. The van der Waals surface area contributed by atoms with Crippen molar-refractivity contribution in [1.82, 2.24) is 14.8 Å². The zero-order chi connectivity index (χ0) is 20.1. The second-order valence-electron chi connectivity index (χ2n) is 7.83. The molecule has 0 N–H and O–H groups in total. The van der Waals surface area contributed by atoms with E-state index in [0.717, 1.165) is 16.7 Å². The Labute approximate surface area is 167 Å². The van der Waals surface area contributed by atoms with Crippen molar-refractivity contribution in [3.63, 3.8) is 0 Å². The number of piperidine rings is 1. The fourth-order valence-electron chi connectivity index (χ4n) is 4.14. The van der Waals surface area contributed by atoms with E-state index >= 15 is 0 Å². The number of carbonyl (C=O) groups excluding carboxylic acids is 2. The number of rotatable bonds is 5. The molecule has 28 heavy (non-hydrogen) atoms. The van der Waals surface area contributed by atoms with Crippen LogP contribution in [0.5, 0.6) is 0 Å². The van der Waals surface area contributed by atoms with Crippen molar-refractivity contribution >= 4 is 11.8 Å². The minimum atomic E-state index is -0.453. The van der Waals surface area contributed by atoms with Gasteiger partial charge in [0.1, 0.15) is 0 Å². The number of likely N-dealkylation sites (tertiary alicyclic amines) is 1. The van der Waals surface area contributed by atoms with Gasteiger partial charge in [0.15, 0.2) is 0 Å². The Morgan fingerprint density at radius 2 is 1.75 bits per heavy atom. The van der Waals surface area contributed by atoms with Crippen LogP contribution in [0.1, 0.15) is 31.7 Å². The lowest BCUT2D eigenvalue weighted by molar-refractivity contribution is -0.146. The number of aromatic nitrogens is 1. The average molecular weight is 380 g/mol. The second-order valence-corrected chi connectivity index (χ2v) is 7.83. The zero-order valence-electron chi connectivity index (χ0n) is 17.0. The van der Waals surface area contributed by atoms with Crippen LogP contribution < -0.4 is 0 Å². The highest BCUT2D eigenvalue weighted by atomic mass is 16.2. The first kappa shape index (κ1) is 20.1. The molecule has 2 heterocycles. The van der Waals surface area contributed by atoms with E-state index in [4.69, 9.17) is 0 Å². The number of nitrogens with zero attached hydrogens (tertiary/aromatic N) is 3. The van der Waals surface area contributed by atoms with Gasteiger partial charge >= 0.3 is 0 Å². The molecule has 0 spiro atoms. The van der Waals surface area contributed by atoms with Crippen LogP contribution >= 0.6 is 0 Å². The first-order valence-corrected chi connectivity index (χ1v) is 9.94. The second kappa shape index (κ2) is 8.55. The lowest BCUT2D eigenvalue weighted by Crippen LogP contribution is -2.50. The van der Waals surface area contributed by atoms with Gasteiger partial charge in [-0.3, -0.25) is 14.6 Å². The number of benzene rings is 1. The maximum absolute atomic E-state index is 13.1.